The Labute approximate surface area is 167 Å². The quantitative estimate of drug-likeness (QED) is 0.499. The van der Waals surface area contributed by atoms with Gasteiger partial charge >= 0.3 is 5.76 Å². The maximum absolute atomic E-state index is 13.0. The van der Waals surface area contributed by atoms with Crippen LogP contribution in [0.15, 0.2) is 36.8 Å². The Bertz CT molecular complexity index is 1390. The van der Waals surface area contributed by atoms with Crippen molar-refractivity contribution in [3.05, 3.63) is 45.0 Å². The van der Waals surface area contributed by atoms with E-state index in [9.17, 15) is 13.2 Å². The number of hydrogen-bond acceptors (Lipinski definition) is 9. The number of nitrogens with one attached hydrogen (secondary N) is 2. The molecule has 0 aliphatic carbocycles. The Morgan fingerprint density at radius 1 is 1.31 bits per heavy atom. The predicted molar refractivity (Wildman–Crippen MR) is 103 cm³/mol. The molecule has 1 aliphatic rings. The summed E-state index contributed by atoms with van der Waals surface area (Å²) in [7, 11) is -3.95. The zero-order chi connectivity index (χ0) is 20.2. The van der Waals surface area contributed by atoms with Crippen LogP contribution in [0.1, 0.15) is 16.3 Å². The largest absolute Gasteiger partial charge is 0.417 e. The van der Waals surface area contributed by atoms with E-state index in [1.807, 2.05) is 0 Å². The van der Waals surface area contributed by atoms with Crippen LogP contribution < -0.4 is 10.5 Å². The number of aryl methyl sites for hydroxylation is 1. The molecule has 4 aromatic rings. The summed E-state index contributed by atoms with van der Waals surface area (Å²) in [6.45, 7) is 2.62. The molecule has 10 nitrogen and oxygen atoms in total. The van der Waals surface area contributed by atoms with Crippen molar-refractivity contribution in [2.24, 2.45) is 0 Å². The van der Waals surface area contributed by atoms with Gasteiger partial charge in [0.15, 0.2) is 11.4 Å². The van der Waals surface area contributed by atoms with E-state index < -0.39 is 15.8 Å². The fraction of sp³-hybridized carbons (Fsp3) is 0.235. The summed E-state index contributed by atoms with van der Waals surface area (Å²) in [4.78, 5) is 19.0. The summed E-state index contributed by atoms with van der Waals surface area (Å²) in [5, 5.41) is 4.20. The van der Waals surface area contributed by atoms with Gasteiger partial charge in [0, 0.05) is 4.88 Å². The van der Waals surface area contributed by atoms with Gasteiger partial charge in [0.05, 0.1) is 29.2 Å². The minimum absolute atomic E-state index is 0.0164. The number of aromatic amines is 1. The number of nitrogens with zero attached hydrogens (tertiary/aromatic N) is 2. The van der Waals surface area contributed by atoms with Crippen molar-refractivity contribution >= 4 is 37.5 Å². The molecule has 4 heterocycles. The number of ether oxygens (including phenoxy) is 1. The Morgan fingerprint density at radius 2 is 2.17 bits per heavy atom. The highest BCUT2D eigenvalue weighted by atomic mass is 32.2. The lowest BCUT2D eigenvalue weighted by Crippen LogP contribution is -2.13. The monoisotopic (exact) mass is 434 g/mol. The lowest BCUT2D eigenvalue weighted by molar-refractivity contribution is 0.113. The fourth-order valence-electron chi connectivity index (χ4n) is 3.21. The molecular weight excluding hydrogens is 420 g/mol. The molecule has 0 saturated heterocycles. The Morgan fingerprint density at radius 3 is 2.97 bits per heavy atom. The van der Waals surface area contributed by atoms with E-state index >= 15 is 0 Å². The van der Waals surface area contributed by atoms with Crippen LogP contribution in [0.3, 0.4) is 0 Å². The number of thiophene rings is 1. The van der Waals surface area contributed by atoms with Gasteiger partial charge in [0.1, 0.15) is 5.00 Å². The lowest BCUT2D eigenvalue weighted by Gasteiger charge is -2.12. The van der Waals surface area contributed by atoms with E-state index in [-0.39, 0.29) is 16.4 Å². The van der Waals surface area contributed by atoms with Gasteiger partial charge in [-0.25, -0.2) is 13.2 Å². The van der Waals surface area contributed by atoms with Crippen molar-refractivity contribution < 1.29 is 22.1 Å². The van der Waals surface area contributed by atoms with Crippen molar-refractivity contribution in [2.75, 3.05) is 11.3 Å². The van der Waals surface area contributed by atoms with Gasteiger partial charge in [-0.05, 0) is 37.1 Å². The van der Waals surface area contributed by atoms with Gasteiger partial charge in [-0.3, -0.25) is 9.71 Å². The maximum Gasteiger partial charge on any atom is 0.417 e. The third kappa shape index (κ3) is 3.14. The van der Waals surface area contributed by atoms with Crippen LogP contribution in [0, 0.1) is 6.92 Å². The van der Waals surface area contributed by atoms with Crippen molar-refractivity contribution in [3.63, 3.8) is 0 Å². The van der Waals surface area contributed by atoms with Gasteiger partial charge in [-0.1, -0.05) is 5.16 Å². The molecule has 29 heavy (non-hydrogen) atoms. The van der Waals surface area contributed by atoms with E-state index in [2.05, 4.69) is 19.8 Å². The summed E-state index contributed by atoms with van der Waals surface area (Å²) >= 11 is 1.28. The van der Waals surface area contributed by atoms with Crippen LogP contribution in [0.25, 0.3) is 22.6 Å². The second-order valence-electron chi connectivity index (χ2n) is 6.44. The summed E-state index contributed by atoms with van der Waals surface area (Å²) < 4.78 is 44.4. The van der Waals surface area contributed by atoms with Crippen LogP contribution >= 0.6 is 11.3 Å². The third-order valence-electron chi connectivity index (χ3n) is 4.49. The predicted octanol–water partition coefficient (Wildman–Crippen LogP) is 2.41. The zero-order valence-corrected chi connectivity index (χ0v) is 16.6. The minimum atomic E-state index is -3.95. The highest BCUT2D eigenvalue weighted by Crippen LogP contribution is 2.43. The number of rotatable bonds is 4. The average molecular weight is 434 g/mol. The number of sulfonamides is 1. The highest BCUT2D eigenvalue weighted by Gasteiger charge is 2.28. The molecule has 0 spiro atoms. The first kappa shape index (κ1) is 18.1. The Balaban J connectivity index is 1.60. The summed E-state index contributed by atoms with van der Waals surface area (Å²) in [5.74, 6) is 0.0619. The molecule has 0 radical (unpaired) electrons. The first-order valence-electron chi connectivity index (χ1n) is 8.59. The number of fused-ring (bicyclic) bond motifs is 2. The van der Waals surface area contributed by atoms with Gasteiger partial charge in [0.25, 0.3) is 15.9 Å². The lowest BCUT2D eigenvalue weighted by atomic mass is 10.1. The number of benzene rings is 1. The van der Waals surface area contributed by atoms with E-state index in [0.717, 1.165) is 10.4 Å². The molecule has 0 saturated carbocycles. The van der Waals surface area contributed by atoms with E-state index in [1.54, 1.807) is 6.92 Å². The van der Waals surface area contributed by atoms with Gasteiger partial charge in [0.2, 0.25) is 0 Å². The standard InChI is InChI=1S/C17H14N4O6S2/c1-8-18-15(27-20-8)14-10-4-5-25-7-13(10)28-16(14)21-29(23,24)9-2-3-12-11(6-9)19-17(22)26-12/h2-3,6,21H,4-5,7H2,1H3,(H,19,22). The number of anilines is 1. The Kier molecular flexibility index (Phi) is 4.08. The SMILES string of the molecule is Cc1noc(-c2c(NS(=O)(=O)c3ccc4oc(=O)[nH]c4c3)sc3c2CCOC3)n1. The molecule has 1 aliphatic heterocycles. The molecule has 0 unspecified atom stereocenters. The first-order valence-corrected chi connectivity index (χ1v) is 10.9. The third-order valence-corrected chi connectivity index (χ3v) is 7.09. The molecule has 0 fully saturated rings. The number of hydrogen-bond donors (Lipinski definition) is 2. The summed E-state index contributed by atoms with van der Waals surface area (Å²) in [6.07, 6.45) is 0.618. The summed E-state index contributed by atoms with van der Waals surface area (Å²) in [6, 6.07) is 4.14. The molecule has 1 aromatic carbocycles. The van der Waals surface area contributed by atoms with E-state index in [1.165, 1.54) is 29.5 Å². The van der Waals surface area contributed by atoms with Gasteiger partial charge < -0.3 is 13.7 Å². The molecule has 5 rings (SSSR count). The average Bonchev–Trinajstić information content (AvgIpc) is 3.35. The molecule has 2 N–H and O–H groups in total. The van der Waals surface area contributed by atoms with Crippen LogP contribution in [-0.2, 0) is 27.8 Å². The molecule has 3 aromatic heterocycles. The highest BCUT2D eigenvalue weighted by molar-refractivity contribution is 7.93. The van der Waals surface area contributed by atoms with Crippen LogP contribution in [0.4, 0.5) is 5.00 Å². The zero-order valence-electron chi connectivity index (χ0n) is 15.0. The van der Waals surface area contributed by atoms with Gasteiger partial charge in [-0.2, -0.15) is 4.98 Å². The van der Waals surface area contributed by atoms with Crippen LogP contribution in [0.2, 0.25) is 0 Å². The Hall–Kier alpha value is -2.96. The van der Waals surface area contributed by atoms with E-state index in [0.29, 0.717) is 41.5 Å². The molecule has 12 heteroatoms. The maximum atomic E-state index is 13.0. The molecule has 0 atom stereocenters. The number of aromatic nitrogens is 3. The second-order valence-corrected chi connectivity index (χ2v) is 9.22. The minimum Gasteiger partial charge on any atom is -0.408 e. The molecule has 0 amide bonds. The van der Waals surface area contributed by atoms with Crippen molar-refractivity contribution in [1.29, 1.82) is 0 Å². The van der Waals surface area contributed by atoms with Gasteiger partial charge in [-0.15, -0.1) is 11.3 Å². The topological polar surface area (TPSA) is 140 Å². The smallest absolute Gasteiger partial charge is 0.408 e. The van der Waals surface area contributed by atoms with E-state index in [4.69, 9.17) is 13.7 Å². The second kappa shape index (κ2) is 6.54. The van der Waals surface area contributed by atoms with Crippen LogP contribution in [0.5, 0.6) is 0 Å². The van der Waals surface area contributed by atoms with Crippen molar-refractivity contribution in [1.82, 2.24) is 15.1 Å². The first-order chi connectivity index (χ1) is 13.9. The molecule has 150 valence electrons. The molecular formula is C17H14N4O6S2. The van der Waals surface area contributed by atoms with Crippen molar-refractivity contribution in [2.45, 2.75) is 24.8 Å². The fourth-order valence-corrected chi connectivity index (χ4v) is 5.72. The number of oxazole rings is 1. The normalized spacial score (nSPS) is 14.2. The number of H-pyrrole nitrogens is 1. The molecule has 0 bridgehead atoms. The van der Waals surface area contributed by atoms with Crippen LogP contribution in [-0.4, -0.2) is 30.1 Å². The summed E-state index contributed by atoms with van der Waals surface area (Å²) in [5.41, 5.74) is 2.09. The van der Waals surface area contributed by atoms with Crippen molar-refractivity contribution in [3.8, 4) is 11.5 Å².